The molecule has 2 aromatic rings. The minimum Gasteiger partial charge on any atom is -0.333 e. The molecule has 0 saturated heterocycles. The van der Waals surface area contributed by atoms with Gasteiger partial charge >= 0.3 is 0 Å². The second-order valence-electron chi connectivity index (χ2n) is 8.28. The number of benzene rings is 1. The van der Waals surface area contributed by atoms with Crippen LogP contribution in [0.1, 0.15) is 60.2 Å². The van der Waals surface area contributed by atoms with Crippen LogP contribution in [-0.2, 0) is 16.0 Å². The lowest BCUT2D eigenvalue weighted by Gasteiger charge is -2.38. The van der Waals surface area contributed by atoms with Gasteiger partial charge in [0.1, 0.15) is 0 Å². The molecule has 1 aliphatic heterocycles. The number of amides is 2. The molecule has 2 heterocycles. The van der Waals surface area contributed by atoms with Crippen molar-refractivity contribution in [1.82, 2.24) is 9.80 Å². The third-order valence-electron chi connectivity index (χ3n) is 6.12. The zero-order valence-electron chi connectivity index (χ0n) is 17.4. The lowest BCUT2D eigenvalue weighted by Crippen LogP contribution is -2.47. The summed E-state index contributed by atoms with van der Waals surface area (Å²) in [6.07, 6.45) is 4.82. The van der Waals surface area contributed by atoms with Gasteiger partial charge < -0.3 is 9.80 Å². The van der Waals surface area contributed by atoms with E-state index in [1.54, 1.807) is 11.3 Å². The molecule has 4 rings (SSSR count). The number of nitrogens with zero attached hydrogens (tertiary/aromatic N) is 2. The van der Waals surface area contributed by atoms with Gasteiger partial charge in [-0.05, 0) is 60.7 Å². The quantitative estimate of drug-likeness (QED) is 0.671. The Bertz CT molecular complexity index is 887. The average Bonchev–Trinajstić information content (AvgIpc) is 3.47. The first-order valence-electron chi connectivity index (χ1n) is 10.8. The second-order valence-corrected chi connectivity index (χ2v) is 9.28. The van der Waals surface area contributed by atoms with Crippen molar-refractivity contribution in [3.8, 4) is 0 Å². The van der Waals surface area contributed by atoms with E-state index in [1.165, 1.54) is 21.6 Å². The van der Waals surface area contributed by atoms with Crippen LogP contribution < -0.4 is 0 Å². The fraction of sp³-hybridized carbons (Fsp3) is 0.500. The zero-order chi connectivity index (χ0) is 20.4. The summed E-state index contributed by atoms with van der Waals surface area (Å²) >= 11 is 1.78. The summed E-state index contributed by atoms with van der Waals surface area (Å²) in [6.45, 7) is 5.84. The van der Waals surface area contributed by atoms with Crippen molar-refractivity contribution in [3.63, 3.8) is 0 Å². The maximum Gasteiger partial charge on any atom is 0.242 e. The van der Waals surface area contributed by atoms with E-state index in [4.69, 9.17) is 0 Å². The van der Waals surface area contributed by atoms with Gasteiger partial charge in [-0.1, -0.05) is 37.6 Å². The number of carbonyl (C=O) groups excluding carboxylic acids is 2. The molecule has 1 aromatic heterocycles. The Morgan fingerprint density at radius 3 is 2.69 bits per heavy atom. The first-order chi connectivity index (χ1) is 14.1. The van der Waals surface area contributed by atoms with E-state index in [0.717, 1.165) is 32.1 Å². The Balaban J connectivity index is 1.60. The summed E-state index contributed by atoms with van der Waals surface area (Å²) in [5, 5.41) is 2.13. The molecule has 5 heteroatoms. The number of hydrogen-bond donors (Lipinski definition) is 0. The van der Waals surface area contributed by atoms with Crippen molar-refractivity contribution in [3.05, 3.63) is 57.3 Å². The van der Waals surface area contributed by atoms with Crippen LogP contribution in [0.4, 0.5) is 0 Å². The Morgan fingerprint density at radius 2 is 1.97 bits per heavy atom. The number of thiophene rings is 1. The Labute approximate surface area is 177 Å². The highest BCUT2D eigenvalue weighted by Gasteiger charge is 2.37. The van der Waals surface area contributed by atoms with Crippen molar-refractivity contribution in [2.45, 2.75) is 52.0 Å². The standard InChI is InChI=1S/C24H30N2O2S/c1-3-4-13-25(24(28)18-9-10-18)16-22(27)26-14-11-21-20(12-15-29-21)23(26)19-8-6-5-7-17(19)2/h5-8,12,15,18,23H,3-4,9-11,13-14,16H2,1-2H3/t23-/m0/s1. The summed E-state index contributed by atoms with van der Waals surface area (Å²) in [5.41, 5.74) is 3.64. The van der Waals surface area contributed by atoms with Crippen molar-refractivity contribution < 1.29 is 9.59 Å². The summed E-state index contributed by atoms with van der Waals surface area (Å²) in [7, 11) is 0. The molecule has 1 aromatic carbocycles. The molecule has 4 nitrogen and oxygen atoms in total. The minimum absolute atomic E-state index is 0.0530. The fourth-order valence-corrected chi connectivity index (χ4v) is 5.18. The van der Waals surface area contributed by atoms with E-state index in [-0.39, 0.29) is 30.3 Å². The van der Waals surface area contributed by atoms with E-state index in [2.05, 4.69) is 43.5 Å². The Hall–Kier alpha value is -2.14. The second kappa shape index (κ2) is 8.70. The molecule has 0 spiro atoms. The highest BCUT2D eigenvalue weighted by molar-refractivity contribution is 7.10. The molecule has 2 amide bonds. The molecular formula is C24H30N2O2S. The molecule has 154 valence electrons. The van der Waals surface area contributed by atoms with Gasteiger partial charge in [-0.15, -0.1) is 11.3 Å². The normalized spacial score (nSPS) is 18.4. The molecule has 1 atom stereocenters. The number of fused-ring (bicyclic) bond motifs is 1. The van der Waals surface area contributed by atoms with Crippen LogP contribution in [0.5, 0.6) is 0 Å². The molecule has 29 heavy (non-hydrogen) atoms. The third kappa shape index (κ3) is 4.25. The number of rotatable bonds is 7. The van der Waals surface area contributed by atoms with Gasteiger partial charge in [0, 0.05) is 23.9 Å². The lowest BCUT2D eigenvalue weighted by molar-refractivity contribution is -0.142. The van der Waals surface area contributed by atoms with E-state index >= 15 is 0 Å². The van der Waals surface area contributed by atoms with Crippen LogP contribution in [0.25, 0.3) is 0 Å². The van der Waals surface area contributed by atoms with Gasteiger partial charge in [-0.2, -0.15) is 0 Å². The molecule has 1 aliphatic carbocycles. The van der Waals surface area contributed by atoms with Crippen molar-refractivity contribution in [2.75, 3.05) is 19.6 Å². The molecule has 2 aliphatic rings. The van der Waals surface area contributed by atoms with Crippen LogP contribution >= 0.6 is 11.3 Å². The summed E-state index contributed by atoms with van der Waals surface area (Å²) in [5.74, 6) is 0.393. The van der Waals surface area contributed by atoms with Crippen LogP contribution in [0.15, 0.2) is 35.7 Å². The Kier molecular flexibility index (Phi) is 6.04. The molecule has 0 bridgehead atoms. The monoisotopic (exact) mass is 410 g/mol. The zero-order valence-corrected chi connectivity index (χ0v) is 18.2. The van der Waals surface area contributed by atoms with Gasteiger partial charge in [-0.25, -0.2) is 0 Å². The van der Waals surface area contributed by atoms with Gasteiger partial charge in [0.15, 0.2) is 0 Å². The van der Waals surface area contributed by atoms with Gasteiger partial charge in [-0.3, -0.25) is 9.59 Å². The molecule has 0 unspecified atom stereocenters. The smallest absolute Gasteiger partial charge is 0.242 e. The molecule has 1 saturated carbocycles. The van der Waals surface area contributed by atoms with Crippen LogP contribution in [-0.4, -0.2) is 41.2 Å². The summed E-state index contributed by atoms with van der Waals surface area (Å²) in [6, 6.07) is 10.5. The van der Waals surface area contributed by atoms with Gasteiger partial charge in [0.05, 0.1) is 12.6 Å². The van der Waals surface area contributed by atoms with Crippen LogP contribution in [0.2, 0.25) is 0 Å². The number of unbranched alkanes of at least 4 members (excludes halogenated alkanes) is 1. The average molecular weight is 411 g/mol. The summed E-state index contributed by atoms with van der Waals surface area (Å²) in [4.78, 5) is 31.4. The third-order valence-corrected chi connectivity index (χ3v) is 7.11. The van der Waals surface area contributed by atoms with Crippen LogP contribution in [0.3, 0.4) is 0 Å². The van der Waals surface area contributed by atoms with Crippen molar-refractivity contribution >= 4 is 23.2 Å². The number of hydrogen-bond acceptors (Lipinski definition) is 3. The predicted molar refractivity (Wildman–Crippen MR) is 117 cm³/mol. The first kappa shape index (κ1) is 20.1. The van der Waals surface area contributed by atoms with E-state index in [9.17, 15) is 9.59 Å². The van der Waals surface area contributed by atoms with Crippen molar-refractivity contribution in [2.24, 2.45) is 5.92 Å². The highest BCUT2D eigenvalue weighted by atomic mass is 32.1. The van der Waals surface area contributed by atoms with Gasteiger partial charge in [0.25, 0.3) is 0 Å². The molecule has 1 fully saturated rings. The van der Waals surface area contributed by atoms with E-state index in [0.29, 0.717) is 13.1 Å². The molecule has 0 N–H and O–H groups in total. The minimum atomic E-state index is -0.0530. The van der Waals surface area contributed by atoms with E-state index in [1.807, 2.05) is 15.9 Å². The predicted octanol–water partition coefficient (Wildman–Crippen LogP) is 4.57. The topological polar surface area (TPSA) is 40.6 Å². The van der Waals surface area contributed by atoms with Gasteiger partial charge in [0.2, 0.25) is 11.8 Å². The van der Waals surface area contributed by atoms with Crippen molar-refractivity contribution in [1.29, 1.82) is 0 Å². The Morgan fingerprint density at radius 1 is 1.17 bits per heavy atom. The maximum absolute atomic E-state index is 13.5. The fourth-order valence-electron chi connectivity index (χ4n) is 4.27. The largest absolute Gasteiger partial charge is 0.333 e. The maximum atomic E-state index is 13.5. The van der Waals surface area contributed by atoms with Crippen LogP contribution in [0, 0.1) is 12.8 Å². The van der Waals surface area contributed by atoms with E-state index < -0.39 is 0 Å². The number of aryl methyl sites for hydroxylation is 1. The first-order valence-corrected chi connectivity index (χ1v) is 11.7. The highest BCUT2D eigenvalue weighted by Crippen LogP contribution is 2.39. The molecule has 0 radical (unpaired) electrons. The lowest BCUT2D eigenvalue weighted by atomic mass is 9.90. The molecular weight excluding hydrogens is 380 g/mol. The SMILES string of the molecule is CCCCN(CC(=O)N1CCc2sccc2[C@@H]1c1ccccc1C)C(=O)C1CC1. The summed E-state index contributed by atoms with van der Waals surface area (Å²) < 4.78 is 0. The number of carbonyl (C=O) groups is 2.